The third-order valence-electron chi connectivity index (χ3n) is 5.65. The van der Waals surface area contributed by atoms with E-state index in [-0.39, 0.29) is 58.4 Å². The molecule has 0 bridgehead atoms. The van der Waals surface area contributed by atoms with E-state index in [9.17, 15) is 4.79 Å². The molecule has 0 atom stereocenters. The van der Waals surface area contributed by atoms with E-state index in [1.54, 1.807) is 0 Å². The second kappa shape index (κ2) is 24.0. The molecule has 1 N–H and O–H groups in total. The van der Waals surface area contributed by atoms with Crippen molar-refractivity contribution in [2.75, 3.05) is 0 Å². The van der Waals surface area contributed by atoms with Crippen LogP contribution >= 0.6 is 0 Å². The van der Waals surface area contributed by atoms with Crippen molar-refractivity contribution in [3.63, 3.8) is 0 Å². The number of nitrogens with one attached hydrogen (secondary N) is 1. The van der Waals surface area contributed by atoms with Gasteiger partial charge in [-0.25, -0.2) is 0 Å². The summed E-state index contributed by atoms with van der Waals surface area (Å²) in [5.74, 6) is -0.281. The number of rotatable bonds is 1. The third kappa shape index (κ3) is 18.0. The van der Waals surface area contributed by atoms with Gasteiger partial charge >= 0.3 is 21.7 Å². The Labute approximate surface area is 217 Å². The number of hydrogen-bond acceptors (Lipinski definition) is 1. The Bertz CT molecular complexity index is 489. The van der Waals surface area contributed by atoms with Crippen LogP contribution in [0, 0.1) is 33.6 Å². The molecule has 173 valence electrons. The second-order valence-electron chi connectivity index (χ2n) is 8.16. The van der Waals surface area contributed by atoms with Crippen LogP contribution in [-0.2, 0) is 26.5 Å². The van der Waals surface area contributed by atoms with Crippen LogP contribution in [-0.4, -0.2) is 15.4 Å². The molecule has 2 rings (SSSR count). The predicted octanol–water partition coefficient (Wildman–Crippen LogP) is 1.65. The van der Waals surface area contributed by atoms with Crippen molar-refractivity contribution in [2.24, 2.45) is 5.92 Å². The summed E-state index contributed by atoms with van der Waals surface area (Å²) < 4.78 is 0. The Morgan fingerprint density at radius 2 is 1.23 bits per heavy atom. The molecule has 30 heavy (non-hydrogen) atoms. The van der Waals surface area contributed by atoms with Gasteiger partial charge in [0.05, 0.1) is 5.91 Å². The topological polar surface area (TPSA) is 40.9 Å². The quantitative estimate of drug-likeness (QED) is 0.420. The average molecular weight is 509 g/mol. The summed E-state index contributed by atoms with van der Waals surface area (Å²) in [5, 5.41) is 0. The standard InChI is InChI=1S/C13H25NO.C9H13.C2H7Si.2ClH.Ti/c14-13(15)12-10-8-6-4-2-1-3-5-7-9-11-12;1-6-5-7(2)9(4)8(6)3;1-3-2;;;/h12H,1-11H2,(H2,14,15);5H,1-4H3;3H,1-2H3;2*1H;/q;-1;;;;+4/p-3. The van der Waals surface area contributed by atoms with E-state index in [1.807, 2.05) is 0 Å². The van der Waals surface area contributed by atoms with E-state index in [4.69, 9.17) is 5.73 Å². The maximum atomic E-state index is 11.1. The van der Waals surface area contributed by atoms with Crippen LogP contribution in [0.1, 0.15) is 92.9 Å². The van der Waals surface area contributed by atoms with Crippen molar-refractivity contribution < 1.29 is 51.3 Å². The molecule has 2 nitrogen and oxygen atoms in total. The molecule has 0 unspecified atom stereocenters. The second-order valence-corrected chi connectivity index (χ2v) is 9.31. The smallest absolute Gasteiger partial charge is 1.00 e. The van der Waals surface area contributed by atoms with E-state index in [2.05, 4.69) is 46.9 Å². The van der Waals surface area contributed by atoms with Crippen LogP contribution in [0.25, 0.3) is 5.73 Å². The van der Waals surface area contributed by atoms with Gasteiger partial charge in [-0.2, -0.15) is 28.3 Å². The molecule has 1 amide bonds. The van der Waals surface area contributed by atoms with Crippen molar-refractivity contribution in [1.29, 1.82) is 0 Å². The monoisotopic (exact) mass is 508 g/mol. The van der Waals surface area contributed by atoms with Gasteiger partial charge in [0.1, 0.15) is 0 Å². The van der Waals surface area contributed by atoms with Crippen molar-refractivity contribution in [1.82, 2.24) is 0 Å². The van der Waals surface area contributed by atoms with Crippen molar-refractivity contribution in [3.05, 3.63) is 34.1 Å². The van der Waals surface area contributed by atoms with Crippen LogP contribution in [0.4, 0.5) is 0 Å². The van der Waals surface area contributed by atoms with Gasteiger partial charge in [0.2, 0.25) is 0 Å². The Balaban J connectivity index is -0.000000195. The summed E-state index contributed by atoms with van der Waals surface area (Å²) in [7, 11) is 0.750. The summed E-state index contributed by atoms with van der Waals surface area (Å²) in [6, 6.07) is 2.24. The van der Waals surface area contributed by atoms with Gasteiger partial charge in [0, 0.05) is 15.4 Å². The minimum Gasteiger partial charge on any atom is -1.00 e. The zero-order valence-corrected chi connectivity index (χ0v) is 24.4. The van der Waals surface area contributed by atoms with E-state index in [0.717, 1.165) is 35.2 Å². The van der Waals surface area contributed by atoms with E-state index >= 15 is 0 Å². The average Bonchev–Trinajstić information content (AvgIpc) is 2.82. The molecule has 6 heteroatoms. The van der Waals surface area contributed by atoms with Crippen LogP contribution in [0.5, 0.6) is 0 Å². The van der Waals surface area contributed by atoms with Gasteiger partial charge in [-0.1, -0.05) is 98.6 Å². The van der Waals surface area contributed by atoms with Crippen molar-refractivity contribution in [3.8, 4) is 0 Å². The van der Waals surface area contributed by atoms with Gasteiger partial charge in [0.25, 0.3) is 0 Å². The van der Waals surface area contributed by atoms with E-state index < -0.39 is 0 Å². The van der Waals surface area contributed by atoms with Crippen LogP contribution < -0.4 is 24.8 Å². The predicted molar refractivity (Wildman–Crippen MR) is 123 cm³/mol. The molecule has 0 aromatic heterocycles. The summed E-state index contributed by atoms with van der Waals surface area (Å²) in [6.07, 6.45) is 13.5. The molecule has 0 heterocycles. The fourth-order valence-corrected chi connectivity index (χ4v) is 3.56. The first-order chi connectivity index (χ1) is 12.8. The molecule has 1 saturated carbocycles. The van der Waals surface area contributed by atoms with Gasteiger partial charge in [0.15, 0.2) is 0 Å². The van der Waals surface area contributed by atoms with Crippen molar-refractivity contribution in [2.45, 2.75) is 111 Å². The van der Waals surface area contributed by atoms with Crippen LogP contribution in [0.3, 0.4) is 0 Å². The van der Waals surface area contributed by atoms with Crippen molar-refractivity contribution >= 4 is 15.4 Å². The SMILES string of the molecule is C[SiH]C.Cc1c[c-](C)c(C)c1C.[Cl-].[Cl-].[NH-]C(=O)C1CCCCCCCCCCC1.[Ti+4]. The fraction of sp³-hybridized carbons (Fsp3) is 0.750. The number of hydrogen-bond donors (Lipinski definition) is 0. The normalized spacial score (nSPS) is 15.0. The van der Waals surface area contributed by atoms with Gasteiger partial charge < -0.3 is 35.3 Å². The molecular weight excluding hydrogens is 465 g/mol. The van der Waals surface area contributed by atoms with Crippen LogP contribution in [0.15, 0.2) is 6.07 Å². The molecule has 0 saturated heterocycles. The molecule has 1 aromatic rings. The summed E-state index contributed by atoms with van der Waals surface area (Å²) in [4.78, 5) is 11.1. The summed E-state index contributed by atoms with van der Waals surface area (Å²) in [5.41, 5.74) is 13.0. The third-order valence-corrected chi connectivity index (χ3v) is 5.65. The molecule has 1 aliphatic carbocycles. The Hall–Kier alpha value is 0.331. The maximum Gasteiger partial charge on any atom is 4.00 e. The fourth-order valence-electron chi connectivity index (χ4n) is 3.56. The maximum absolute atomic E-state index is 11.1. The molecule has 0 aliphatic heterocycles. The van der Waals surface area contributed by atoms with E-state index in [1.165, 1.54) is 67.2 Å². The van der Waals surface area contributed by atoms with Gasteiger partial charge in [-0.15, -0.1) is 0 Å². The molecule has 1 aromatic carbocycles. The van der Waals surface area contributed by atoms with Gasteiger partial charge in [-0.05, 0) is 12.8 Å². The van der Waals surface area contributed by atoms with Crippen LogP contribution in [0.2, 0.25) is 13.1 Å². The van der Waals surface area contributed by atoms with Gasteiger partial charge in [-0.3, -0.25) is 0 Å². The zero-order valence-electron chi connectivity index (χ0n) is 20.2. The molecular formula is C24H44Cl2NOSiTi. The van der Waals surface area contributed by atoms with E-state index in [0.29, 0.717) is 0 Å². The first kappa shape index (κ1) is 37.6. The molecule has 1 radical (unpaired) electrons. The summed E-state index contributed by atoms with van der Waals surface area (Å²) >= 11 is 0. The Kier molecular flexibility index (Phi) is 30.1. The number of aryl methyl sites for hydroxylation is 2. The number of carbonyl (C=O) groups is 1. The largest absolute Gasteiger partial charge is 4.00 e. The minimum absolute atomic E-state index is 0. The number of amides is 1. The molecule has 0 spiro atoms. The number of carbonyl (C=O) groups excluding carboxylic acids is 1. The first-order valence-corrected chi connectivity index (χ1v) is 13.4. The Morgan fingerprint density at radius 3 is 1.43 bits per heavy atom. The zero-order chi connectivity index (χ0) is 20.7. The number of halogens is 2. The molecule has 1 fully saturated rings. The summed E-state index contributed by atoms with van der Waals surface area (Å²) in [6.45, 7) is 13.1. The Morgan fingerprint density at radius 1 is 0.900 bits per heavy atom. The minimum atomic E-state index is -0.327. The first-order valence-electron chi connectivity index (χ1n) is 11.0. The molecule has 1 aliphatic rings.